The smallest absolute Gasteiger partial charge is 0.254 e. The Hall–Kier alpha value is -0.730. The number of carbonyl (C=O) groups excluding carboxylic acids is 1. The quantitative estimate of drug-likeness (QED) is 0.327. The summed E-state index contributed by atoms with van der Waals surface area (Å²) in [7, 11) is 0. The van der Waals surface area contributed by atoms with E-state index in [2.05, 4.69) is 0 Å². The van der Waals surface area contributed by atoms with Crippen molar-refractivity contribution in [2.24, 2.45) is 0 Å². The van der Waals surface area contributed by atoms with E-state index in [-0.39, 0.29) is 19.7 Å². The number of hydrogen-bond donors (Lipinski definition) is 5. The lowest BCUT2D eigenvalue weighted by Crippen LogP contribution is -2.45. The maximum atomic E-state index is 11.4. The van der Waals surface area contributed by atoms with Gasteiger partial charge in [0.25, 0.3) is 5.91 Å². The van der Waals surface area contributed by atoms with Crippen LogP contribution in [0.25, 0.3) is 0 Å². The van der Waals surface area contributed by atoms with Gasteiger partial charge in [-0.3, -0.25) is 4.79 Å². The third-order valence-electron chi connectivity index (χ3n) is 2.41. The molecule has 7 nitrogen and oxygen atoms in total. The summed E-state index contributed by atoms with van der Waals surface area (Å²) >= 11 is 0. The molecule has 0 aromatic rings. The lowest BCUT2D eigenvalue weighted by Gasteiger charge is -2.22. The van der Waals surface area contributed by atoms with E-state index in [1.54, 1.807) is 0 Å². The van der Waals surface area contributed by atoms with E-state index >= 15 is 0 Å². The summed E-state index contributed by atoms with van der Waals surface area (Å²) in [5.74, 6) is -0.813. The van der Waals surface area contributed by atoms with E-state index in [1.165, 1.54) is 0 Å². The van der Waals surface area contributed by atoms with Crippen molar-refractivity contribution in [2.75, 3.05) is 19.7 Å². The molecule has 0 bridgehead atoms. The number of β-amino-alcohol motifs (C(OH)–C–C–N with tert-alkyl or cyclic N) is 2. The fourth-order valence-corrected chi connectivity index (χ4v) is 1.49. The number of amides is 1. The van der Waals surface area contributed by atoms with Crippen molar-refractivity contribution in [3.05, 3.63) is 0 Å². The van der Waals surface area contributed by atoms with Crippen LogP contribution < -0.4 is 0 Å². The molecule has 1 heterocycles. The second-order valence-corrected chi connectivity index (χ2v) is 3.50. The number of nitrogens with zero attached hydrogens (tertiary/aromatic N) is 1. The van der Waals surface area contributed by atoms with Gasteiger partial charge in [0.05, 0.1) is 6.61 Å². The van der Waals surface area contributed by atoms with Crippen LogP contribution in [0.4, 0.5) is 0 Å². The zero-order valence-corrected chi connectivity index (χ0v) is 8.02. The van der Waals surface area contributed by atoms with Crippen LogP contribution in [-0.2, 0) is 4.79 Å². The summed E-state index contributed by atoms with van der Waals surface area (Å²) in [4.78, 5) is 12.4. The lowest BCUT2D eigenvalue weighted by atomic mass is 10.1. The topological polar surface area (TPSA) is 121 Å². The molecule has 0 spiro atoms. The van der Waals surface area contributed by atoms with Gasteiger partial charge in [-0.1, -0.05) is 0 Å². The second kappa shape index (κ2) is 4.86. The first-order valence-corrected chi connectivity index (χ1v) is 4.61. The van der Waals surface area contributed by atoms with Crippen LogP contribution in [0, 0.1) is 0 Å². The Bertz CT molecular complexity index is 235. The van der Waals surface area contributed by atoms with Crippen LogP contribution >= 0.6 is 0 Å². The maximum absolute atomic E-state index is 11.4. The van der Waals surface area contributed by atoms with Gasteiger partial charge in [0.1, 0.15) is 18.3 Å². The van der Waals surface area contributed by atoms with E-state index in [9.17, 15) is 25.2 Å². The zero-order chi connectivity index (χ0) is 11.6. The molecule has 0 unspecified atom stereocenters. The molecule has 1 aliphatic heterocycles. The van der Waals surface area contributed by atoms with Gasteiger partial charge in [-0.15, -0.1) is 0 Å². The minimum absolute atomic E-state index is 0.0631. The van der Waals surface area contributed by atoms with Crippen LogP contribution in [0.2, 0.25) is 0 Å². The highest BCUT2D eigenvalue weighted by Crippen LogP contribution is 2.14. The van der Waals surface area contributed by atoms with Gasteiger partial charge in [0, 0.05) is 13.1 Å². The van der Waals surface area contributed by atoms with Gasteiger partial charge in [-0.2, -0.15) is 0 Å². The Morgan fingerprint density at radius 2 is 1.80 bits per heavy atom. The standard InChI is InChI=1S/C8H15NO6/c10-2-1-9-3-4(11)5(12)6(13)7(14)8(9)15/h4-7,10-14H,1-3H2/t4-,5-,6+,7+/m1/s1. The van der Waals surface area contributed by atoms with E-state index < -0.39 is 30.3 Å². The zero-order valence-electron chi connectivity index (χ0n) is 8.02. The van der Waals surface area contributed by atoms with Gasteiger partial charge in [0.2, 0.25) is 0 Å². The molecular weight excluding hydrogens is 206 g/mol. The van der Waals surface area contributed by atoms with Crippen molar-refractivity contribution < 1.29 is 30.3 Å². The number of likely N-dealkylation sites (tertiary alicyclic amines) is 1. The summed E-state index contributed by atoms with van der Waals surface area (Å²) in [5.41, 5.74) is 0. The highest BCUT2D eigenvalue weighted by molar-refractivity contribution is 5.81. The number of aliphatic hydroxyl groups excluding tert-OH is 5. The summed E-state index contributed by atoms with van der Waals surface area (Å²) in [6.45, 7) is -0.613. The lowest BCUT2D eigenvalue weighted by molar-refractivity contribution is -0.147. The van der Waals surface area contributed by atoms with Crippen molar-refractivity contribution in [3.63, 3.8) is 0 Å². The molecule has 88 valence electrons. The van der Waals surface area contributed by atoms with Gasteiger partial charge in [-0.25, -0.2) is 0 Å². The van der Waals surface area contributed by atoms with Gasteiger partial charge in [-0.05, 0) is 0 Å². The Labute approximate surface area is 86.2 Å². The monoisotopic (exact) mass is 221 g/mol. The minimum atomic E-state index is -1.77. The first-order valence-electron chi connectivity index (χ1n) is 4.61. The van der Waals surface area contributed by atoms with Crippen LogP contribution in [0.15, 0.2) is 0 Å². The Morgan fingerprint density at radius 3 is 2.33 bits per heavy atom. The average molecular weight is 221 g/mol. The summed E-state index contributed by atoms with van der Waals surface area (Å²) < 4.78 is 0. The normalized spacial score (nSPS) is 37.9. The van der Waals surface area contributed by atoms with E-state index in [4.69, 9.17) is 5.11 Å². The van der Waals surface area contributed by atoms with Gasteiger partial charge < -0.3 is 30.4 Å². The third kappa shape index (κ3) is 2.44. The van der Waals surface area contributed by atoms with Crippen LogP contribution in [-0.4, -0.2) is 80.5 Å². The molecule has 0 aromatic heterocycles. The van der Waals surface area contributed by atoms with Crippen molar-refractivity contribution in [2.45, 2.75) is 24.4 Å². The fraction of sp³-hybridized carbons (Fsp3) is 0.875. The van der Waals surface area contributed by atoms with Crippen molar-refractivity contribution in [1.82, 2.24) is 4.90 Å². The molecule has 15 heavy (non-hydrogen) atoms. The van der Waals surface area contributed by atoms with Crippen LogP contribution in [0.1, 0.15) is 0 Å². The molecule has 0 radical (unpaired) electrons. The summed E-state index contributed by atoms with van der Waals surface area (Å²) in [6, 6.07) is 0. The molecule has 5 N–H and O–H groups in total. The van der Waals surface area contributed by atoms with E-state index in [0.29, 0.717) is 0 Å². The Kier molecular flexibility index (Phi) is 4.00. The van der Waals surface area contributed by atoms with E-state index in [0.717, 1.165) is 4.90 Å². The molecule has 1 aliphatic rings. The number of aliphatic hydroxyl groups is 5. The SMILES string of the molecule is O=C1[C@@H](O)[C@@H](O)[C@H](O)[C@H](O)CN1CCO. The molecular formula is C8H15NO6. The van der Waals surface area contributed by atoms with Crippen molar-refractivity contribution in [1.29, 1.82) is 0 Å². The number of rotatable bonds is 2. The number of hydrogen-bond acceptors (Lipinski definition) is 6. The highest BCUT2D eigenvalue weighted by atomic mass is 16.4. The fourth-order valence-electron chi connectivity index (χ4n) is 1.49. The Balaban J connectivity index is 2.83. The molecule has 1 amide bonds. The van der Waals surface area contributed by atoms with E-state index in [1.807, 2.05) is 0 Å². The predicted octanol–water partition coefficient (Wildman–Crippen LogP) is -3.74. The van der Waals surface area contributed by atoms with Crippen molar-refractivity contribution in [3.8, 4) is 0 Å². The van der Waals surface area contributed by atoms with Crippen LogP contribution in [0.5, 0.6) is 0 Å². The first-order chi connectivity index (χ1) is 6.99. The molecule has 1 fully saturated rings. The first kappa shape index (κ1) is 12.3. The summed E-state index contributed by atoms with van der Waals surface area (Å²) in [5, 5.41) is 45.9. The predicted molar refractivity (Wildman–Crippen MR) is 47.7 cm³/mol. The minimum Gasteiger partial charge on any atom is -0.395 e. The molecule has 4 atom stereocenters. The highest BCUT2D eigenvalue weighted by Gasteiger charge is 2.41. The molecule has 0 aliphatic carbocycles. The van der Waals surface area contributed by atoms with Gasteiger partial charge in [0.15, 0.2) is 6.10 Å². The molecule has 7 heteroatoms. The maximum Gasteiger partial charge on any atom is 0.254 e. The van der Waals surface area contributed by atoms with Crippen molar-refractivity contribution >= 4 is 5.91 Å². The molecule has 0 aromatic carbocycles. The summed E-state index contributed by atoms with van der Waals surface area (Å²) in [6.07, 6.45) is -6.40. The van der Waals surface area contributed by atoms with Gasteiger partial charge >= 0.3 is 0 Å². The second-order valence-electron chi connectivity index (χ2n) is 3.50. The number of carbonyl (C=O) groups is 1. The third-order valence-corrected chi connectivity index (χ3v) is 2.41. The molecule has 1 rings (SSSR count). The Morgan fingerprint density at radius 1 is 1.20 bits per heavy atom. The molecule has 1 saturated heterocycles. The largest absolute Gasteiger partial charge is 0.395 e. The molecule has 0 saturated carbocycles. The van der Waals surface area contributed by atoms with Crippen LogP contribution in [0.3, 0.4) is 0 Å². The average Bonchev–Trinajstić information content (AvgIpc) is 2.28.